The van der Waals surface area contributed by atoms with Crippen LogP contribution in [0.5, 0.6) is 0 Å². The Morgan fingerprint density at radius 1 is 1.10 bits per heavy atom. The minimum absolute atomic E-state index is 0.100. The molecule has 8 rings (SSSR count). The quantitative estimate of drug-likeness (QED) is 0.394. The van der Waals surface area contributed by atoms with Gasteiger partial charge in [-0.25, -0.2) is 0 Å². The predicted molar refractivity (Wildman–Crippen MR) is 144 cm³/mol. The molecule has 3 aliphatic carbocycles. The van der Waals surface area contributed by atoms with E-state index in [-0.39, 0.29) is 18.0 Å². The monoisotopic (exact) mass is 531 g/mol. The molecule has 2 saturated carbocycles. The Morgan fingerprint density at radius 2 is 1.92 bits per heavy atom. The molecule has 4 fully saturated rings. The van der Waals surface area contributed by atoms with Gasteiger partial charge in [0, 0.05) is 54.3 Å². The molecule has 8 nitrogen and oxygen atoms in total. The highest BCUT2D eigenvalue weighted by Crippen LogP contribution is 2.70. The van der Waals surface area contributed by atoms with Gasteiger partial charge in [0.2, 0.25) is 0 Å². The van der Waals surface area contributed by atoms with E-state index in [4.69, 9.17) is 10.5 Å². The van der Waals surface area contributed by atoms with E-state index in [2.05, 4.69) is 29.0 Å². The summed E-state index contributed by atoms with van der Waals surface area (Å²) in [6.07, 6.45) is 8.01. The topological polar surface area (TPSA) is 132 Å². The summed E-state index contributed by atoms with van der Waals surface area (Å²) in [6.45, 7) is 3.52. The van der Waals surface area contributed by atoms with Gasteiger partial charge in [-0.15, -0.1) is 0 Å². The van der Waals surface area contributed by atoms with Gasteiger partial charge < -0.3 is 30.9 Å². The number of nitrogens with zero attached hydrogens (tertiary/aromatic N) is 2. The maximum Gasteiger partial charge on any atom is 0.121 e. The van der Waals surface area contributed by atoms with Gasteiger partial charge in [0.15, 0.2) is 0 Å². The Hall–Kier alpha value is -2.17. The molecule has 2 bridgehead atoms. The van der Waals surface area contributed by atoms with Crippen LogP contribution in [0.15, 0.2) is 60.0 Å². The summed E-state index contributed by atoms with van der Waals surface area (Å²) < 4.78 is 7.20. The zero-order valence-electron chi connectivity index (χ0n) is 22.2. The zero-order valence-corrected chi connectivity index (χ0v) is 22.2. The second-order valence-electron chi connectivity index (χ2n) is 13.3. The van der Waals surface area contributed by atoms with Gasteiger partial charge in [-0.1, -0.05) is 31.2 Å². The number of likely N-dealkylation sites (tertiary alicyclic amines) is 1. The van der Waals surface area contributed by atoms with Crippen molar-refractivity contribution < 1.29 is 25.2 Å². The van der Waals surface area contributed by atoms with Crippen molar-refractivity contribution in [1.82, 2.24) is 9.88 Å². The Balaban J connectivity index is 1.21. The van der Waals surface area contributed by atoms with Crippen LogP contribution >= 0.6 is 0 Å². The van der Waals surface area contributed by atoms with Crippen molar-refractivity contribution >= 4 is 10.8 Å². The first kappa shape index (κ1) is 24.6. The van der Waals surface area contributed by atoms with Crippen LogP contribution in [0.1, 0.15) is 44.6 Å². The minimum atomic E-state index is -1.46. The molecule has 206 valence electrons. The van der Waals surface area contributed by atoms with Crippen molar-refractivity contribution in [2.75, 3.05) is 13.1 Å². The third-order valence-electron chi connectivity index (χ3n) is 11.6. The smallest absolute Gasteiger partial charge is 0.121 e. The maximum atomic E-state index is 12.5. The Kier molecular flexibility index (Phi) is 4.90. The van der Waals surface area contributed by atoms with E-state index in [0.717, 1.165) is 34.8 Å². The van der Waals surface area contributed by atoms with Crippen LogP contribution in [0.25, 0.3) is 10.8 Å². The van der Waals surface area contributed by atoms with Crippen LogP contribution in [-0.4, -0.2) is 85.0 Å². The maximum absolute atomic E-state index is 12.5. The van der Waals surface area contributed by atoms with Crippen molar-refractivity contribution in [3.63, 3.8) is 0 Å². The van der Waals surface area contributed by atoms with Crippen molar-refractivity contribution in [3.8, 4) is 0 Å². The number of pyridine rings is 1. The lowest BCUT2D eigenvalue weighted by molar-refractivity contribution is -0.190. The summed E-state index contributed by atoms with van der Waals surface area (Å²) in [5.74, 6) is -0.119. The van der Waals surface area contributed by atoms with Gasteiger partial charge in [0.1, 0.15) is 11.7 Å². The molecule has 1 aromatic heterocycles. The van der Waals surface area contributed by atoms with E-state index in [9.17, 15) is 20.4 Å². The number of nitrogens with two attached hydrogens (primary N) is 1. The molecule has 39 heavy (non-hydrogen) atoms. The van der Waals surface area contributed by atoms with Crippen LogP contribution in [0, 0.1) is 11.3 Å². The number of ether oxygens (including phenoxy) is 1. The standard InChI is InChI=1S/C31H37N3O5/c1-28-6-4-19-11-22-26(36)27(37)23(34-15-21(32)16-34)13-29(22)7-8-30(19,39-29)24(28)12-25(35)31(28,38)20-3-2-17-5-9-33-14-18(17)10-20/h2-5,9-11,14,21,23-27,35-38H,6-8,12-13,15-16,32H2,1H3/t23-,24+,25+,26+,27-,28-,29+,30?,31+/m0/s1. The minimum Gasteiger partial charge on any atom is -0.390 e. The molecule has 3 aliphatic heterocycles. The Morgan fingerprint density at radius 3 is 2.72 bits per heavy atom. The Labute approximate surface area is 227 Å². The van der Waals surface area contributed by atoms with Crippen LogP contribution in [0.2, 0.25) is 0 Å². The third-order valence-corrected chi connectivity index (χ3v) is 11.6. The third kappa shape index (κ3) is 2.90. The summed E-state index contributed by atoms with van der Waals surface area (Å²) in [5, 5.41) is 48.5. The van der Waals surface area contributed by atoms with E-state index in [1.54, 1.807) is 12.4 Å². The molecule has 1 unspecified atom stereocenters. The average Bonchev–Trinajstić information content (AvgIpc) is 3.34. The highest BCUT2D eigenvalue weighted by molar-refractivity contribution is 5.82. The fourth-order valence-electron chi connectivity index (χ4n) is 9.45. The van der Waals surface area contributed by atoms with Gasteiger partial charge in [0.05, 0.1) is 23.4 Å². The fraction of sp³-hybridized carbons (Fsp3) is 0.581. The number of hydrogen-bond acceptors (Lipinski definition) is 8. The molecule has 0 amide bonds. The van der Waals surface area contributed by atoms with Gasteiger partial charge >= 0.3 is 0 Å². The molecule has 1 aromatic carbocycles. The van der Waals surface area contributed by atoms with Crippen LogP contribution < -0.4 is 5.73 Å². The molecule has 2 saturated heterocycles. The molecular formula is C31H37N3O5. The number of fused-ring (bicyclic) bond motifs is 2. The molecule has 2 aromatic rings. The largest absolute Gasteiger partial charge is 0.390 e. The first-order valence-corrected chi connectivity index (χ1v) is 14.3. The van der Waals surface area contributed by atoms with Crippen molar-refractivity contribution in [2.45, 2.75) is 86.2 Å². The molecular weight excluding hydrogens is 494 g/mol. The molecule has 9 atom stereocenters. The first-order chi connectivity index (χ1) is 18.6. The molecule has 8 heteroatoms. The van der Waals surface area contributed by atoms with Gasteiger partial charge in [-0.05, 0) is 66.3 Å². The lowest BCUT2D eigenvalue weighted by Crippen LogP contribution is -2.68. The number of hydrogen-bond donors (Lipinski definition) is 5. The van der Waals surface area contributed by atoms with Crippen LogP contribution in [-0.2, 0) is 10.3 Å². The SMILES string of the molecule is C[C@]12CC=C3C=C4[C@@H](O)[C@@H](O)[C@@H](N5CC(N)C5)C[C@]45CCC3(O5)[C@@H]1C[C@@H](O)[C@]2(O)c1ccc2ccncc2c1. The number of aliphatic hydroxyl groups is 4. The second-order valence-corrected chi connectivity index (χ2v) is 13.3. The highest BCUT2D eigenvalue weighted by Gasteiger charge is 2.73. The number of allylic oxidation sites excluding steroid dienone is 1. The summed E-state index contributed by atoms with van der Waals surface area (Å²) in [5.41, 5.74) is 5.10. The number of rotatable bonds is 2. The molecule has 6 N–H and O–H groups in total. The lowest BCUT2D eigenvalue weighted by atomic mass is 9.56. The van der Waals surface area contributed by atoms with Crippen molar-refractivity contribution in [1.29, 1.82) is 0 Å². The van der Waals surface area contributed by atoms with Crippen LogP contribution in [0.4, 0.5) is 0 Å². The summed E-state index contributed by atoms with van der Waals surface area (Å²) in [4.78, 5) is 6.43. The highest BCUT2D eigenvalue weighted by atomic mass is 16.5. The van der Waals surface area contributed by atoms with Gasteiger partial charge in [0.25, 0.3) is 0 Å². The number of aliphatic hydroxyl groups excluding tert-OH is 3. The average molecular weight is 532 g/mol. The summed E-state index contributed by atoms with van der Waals surface area (Å²) in [6, 6.07) is 7.72. The Bertz CT molecular complexity index is 1440. The van der Waals surface area contributed by atoms with E-state index >= 15 is 0 Å². The second kappa shape index (κ2) is 7.76. The normalized spacial score (nSPS) is 47.2. The first-order valence-electron chi connectivity index (χ1n) is 14.3. The number of benzene rings is 1. The lowest BCUT2D eigenvalue weighted by Gasteiger charge is -2.58. The molecule has 0 radical (unpaired) electrons. The fourth-order valence-corrected chi connectivity index (χ4v) is 9.45. The predicted octanol–water partition coefficient (Wildman–Crippen LogP) is 1.50. The van der Waals surface area contributed by atoms with Crippen LogP contribution in [0.3, 0.4) is 0 Å². The van der Waals surface area contributed by atoms with Crippen molar-refractivity contribution in [2.24, 2.45) is 17.1 Å². The van der Waals surface area contributed by atoms with Crippen molar-refractivity contribution in [3.05, 3.63) is 65.5 Å². The van der Waals surface area contributed by atoms with E-state index < -0.39 is 40.5 Å². The zero-order chi connectivity index (χ0) is 26.9. The molecule has 6 aliphatic rings. The van der Waals surface area contributed by atoms with E-state index in [1.165, 1.54) is 0 Å². The summed E-state index contributed by atoms with van der Waals surface area (Å²) in [7, 11) is 0. The molecule has 4 heterocycles. The van der Waals surface area contributed by atoms with Gasteiger partial charge in [-0.3, -0.25) is 9.88 Å². The molecule has 2 spiro atoms. The van der Waals surface area contributed by atoms with E-state index in [0.29, 0.717) is 37.9 Å². The summed E-state index contributed by atoms with van der Waals surface area (Å²) >= 11 is 0. The number of aromatic nitrogens is 1. The van der Waals surface area contributed by atoms with E-state index in [1.807, 2.05) is 24.3 Å². The van der Waals surface area contributed by atoms with Gasteiger partial charge in [-0.2, -0.15) is 0 Å².